The summed E-state index contributed by atoms with van der Waals surface area (Å²) >= 11 is 1.58. The fourth-order valence-electron chi connectivity index (χ4n) is 2.38. The third-order valence-electron chi connectivity index (χ3n) is 3.58. The van der Waals surface area contributed by atoms with Crippen LogP contribution in [0.4, 0.5) is 0 Å². The van der Waals surface area contributed by atoms with Crippen molar-refractivity contribution in [3.8, 4) is 10.6 Å². The SMILES string of the molecule is O=C(NCc1cc(-c2cccs2)on1)c1ccc2ccccc2n1. The van der Waals surface area contributed by atoms with Crippen LogP contribution in [0.3, 0.4) is 0 Å². The van der Waals surface area contributed by atoms with Crippen LogP contribution in [0.5, 0.6) is 0 Å². The normalized spacial score (nSPS) is 10.8. The van der Waals surface area contributed by atoms with Gasteiger partial charge in [0.15, 0.2) is 5.76 Å². The van der Waals surface area contributed by atoms with Crippen molar-refractivity contribution >= 4 is 28.1 Å². The van der Waals surface area contributed by atoms with Crippen LogP contribution in [0.15, 0.2) is 64.5 Å². The highest BCUT2D eigenvalue weighted by Crippen LogP contribution is 2.25. The number of rotatable bonds is 4. The molecule has 1 aromatic carbocycles. The number of hydrogen-bond donors (Lipinski definition) is 1. The fourth-order valence-corrected chi connectivity index (χ4v) is 3.06. The first kappa shape index (κ1) is 14.6. The van der Waals surface area contributed by atoms with E-state index in [-0.39, 0.29) is 5.91 Å². The number of thiophene rings is 1. The van der Waals surface area contributed by atoms with Gasteiger partial charge in [0.05, 0.1) is 16.9 Å². The molecule has 3 aromatic heterocycles. The smallest absolute Gasteiger partial charge is 0.270 e. The molecule has 1 amide bonds. The molecule has 1 N–H and O–H groups in total. The summed E-state index contributed by atoms with van der Waals surface area (Å²) in [5, 5.41) is 9.78. The number of carbonyl (C=O) groups excluding carboxylic acids is 1. The molecule has 0 atom stereocenters. The van der Waals surface area contributed by atoms with E-state index in [4.69, 9.17) is 4.52 Å². The van der Waals surface area contributed by atoms with Crippen molar-refractivity contribution < 1.29 is 9.32 Å². The van der Waals surface area contributed by atoms with E-state index in [2.05, 4.69) is 15.5 Å². The van der Waals surface area contributed by atoms with Crippen LogP contribution in [0, 0.1) is 0 Å². The number of pyridine rings is 1. The molecule has 0 saturated heterocycles. The second-order valence-electron chi connectivity index (χ2n) is 5.23. The van der Waals surface area contributed by atoms with Crippen molar-refractivity contribution in [2.75, 3.05) is 0 Å². The van der Waals surface area contributed by atoms with Gasteiger partial charge < -0.3 is 9.84 Å². The van der Waals surface area contributed by atoms with E-state index in [0.717, 1.165) is 15.8 Å². The van der Waals surface area contributed by atoms with Gasteiger partial charge in [-0.15, -0.1) is 11.3 Å². The highest BCUT2D eigenvalue weighted by atomic mass is 32.1. The van der Waals surface area contributed by atoms with Crippen LogP contribution in [0.25, 0.3) is 21.5 Å². The minimum absolute atomic E-state index is 0.235. The Hall–Kier alpha value is -2.99. The molecule has 5 nitrogen and oxygen atoms in total. The van der Waals surface area contributed by atoms with E-state index in [1.54, 1.807) is 17.4 Å². The number of nitrogens with one attached hydrogen (secondary N) is 1. The van der Waals surface area contributed by atoms with Gasteiger partial charge in [-0.1, -0.05) is 35.5 Å². The molecule has 0 aliphatic heterocycles. The van der Waals surface area contributed by atoms with Crippen molar-refractivity contribution in [1.82, 2.24) is 15.5 Å². The predicted molar refractivity (Wildman–Crippen MR) is 92.7 cm³/mol. The number of nitrogens with zero attached hydrogens (tertiary/aromatic N) is 2. The molecule has 3 heterocycles. The topological polar surface area (TPSA) is 68.0 Å². The Bertz CT molecular complexity index is 992. The van der Waals surface area contributed by atoms with E-state index in [1.165, 1.54) is 0 Å². The minimum Gasteiger partial charge on any atom is -0.355 e. The van der Waals surface area contributed by atoms with Crippen molar-refractivity contribution in [1.29, 1.82) is 0 Å². The Morgan fingerprint density at radius 1 is 1.12 bits per heavy atom. The summed E-state index contributed by atoms with van der Waals surface area (Å²) in [6.45, 7) is 0.294. The highest BCUT2D eigenvalue weighted by Gasteiger charge is 2.11. The summed E-state index contributed by atoms with van der Waals surface area (Å²) in [4.78, 5) is 17.7. The molecule has 0 radical (unpaired) electrons. The van der Waals surface area contributed by atoms with Crippen molar-refractivity contribution in [3.05, 3.63) is 71.4 Å². The van der Waals surface area contributed by atoms with E-state index in [0.29, 0.717) is 23.7 Å². The lowest BCUT2D eigenvalue weighted by Gasteiger charge is -2.03. The second kappa shape index (κ2) is 6.25. The zero-order chi connectivity index (χ0) is 16.4. The molecule has 0 spiro atoms. The van der Waals surface area contributed by atoms with E-state index >= 15 is 0 Å². The van der Waals surface area contributed by atoms with Gasteiger partial charge in [-0.25, -0.2) is 4.98 Å². The van der Waals surface area contributed by atoms with E-state index in [1.807, 2.05) is 53.9 Å². The number of fused-ring (bicyclic) bond motifs is 1. The molecule has 0 aliphatic carbocycles. The molecule has 0 fully saturated rings. The zero-order valence-electron chi connectivity index (χ0n) is 12.6. The third kappa shape index (κ3) is 2.91. The number of amides is 1. The molecule has 4 rings (SSSR count). The summed E-state index contributed by atoms with van der Waals surface area (Å²) in [5.41, 5.74) is 1.86. The van der Waals surface area contributed by atoms with Gasteiger partial charge in [-0.2, -0.15) is 0 Å². The fraction of sp³-hybridized carbons (Fsp3) is 0.0556. The standard InChI is InChI=1S/C18H13N3O2S/c22-18(15-8-7-12-4-1-2-5-14(12)20-15)19-11-13-10-16(23-21-13)17-6-3-9-24-17/h1-10H,11H2,(H,19,22). The maximum Gasteiger partial charge on any atom is 0.270 e. The van der Waals surface area contributed by atoms with Gasteiger partial charge in [0.25, 0.3) is 5.91 Å². The Morgan fingerprint density at radius 3 is 2.92 bits per heavy atom. The quantitative estimate of drug-likeness (QED) is 0.614. The van der Waals surface area contributed by atoms with Crippen molar-refractivity contribution in [2.45, 2.75) is 6.54 Å². The Morgan fingerprint density at radius 2 is 2.04 bits per heavy atom. The molecule has 118 valence electrons. The van der Waals surface area contributed by atoms with Gasteiger partial charge in [-0.3, -0.25) is 4.79 Å². The zero-order valence-corrected chi connectivity index (χ0v) is 13.4. The predicted octanol–water partition coefficient (Wildman–Crippen LogP) is 3.88. The minimum atomic E-state index is -0.235. The van der Waals surface area contributed by atoms with Crippen molar-refractivity contribution in [3.63, 3.8) is 0 Å². The number of hydrogen-bond acceptors (Lipinski definition) is 5. The van der Waals surface area contributed by atoms with Crippen LogP contribution in [0.1, 0.15) is 16.2 Å². The lowest BCUT2D eigenvalue weighted by Crippen LogP contribution is -2.23. The van der Waals surface area contributed by atoms with Crippen LogP contribution in [-0.4, -0.2) is 16.0 Å². The summed E-state index contributed by atoms with van der Waals surface area (Å²) in [5.74, 6) is 0.472. The van der Waals surface area contributed by atoms with Crippen molar-refractivity contribution in [2.24, 2.45) is 0 Å². The Labute approximate surface area is 141 Å². The van der Waals surface area contributed by atoms with E-state index < -0.39 is 0 Å². The Kier molecular flexibility index (Phi) is 3.80. The summed E-state index contributed by atoms with van der Waals surface area (Å²) < 4.78 is 5.30. The Balaban J connectivity index is 1.46. The third-order valence-corrected chi connectivity index (χ3v) is 4.47. The van der Waals surface area contributed by atoms with Gasteiger partial charge in [0.2, 0.25) is 0 Å². The van der Waals surface area contributed by atoms with Crippen LogP contribution < -0.4 is 5.32 Å². The number of para-hydroxylation sites is 1. The van der Waals surface area contributed by atoms with Gasteiger partial charge in [0, 0.05) is 11.5 Å². The lowest BCUT2D eigenvalue weighted by molar-refractivity contribution is 0.0945. The lowest BCUT2D eigenvalue weighted by atomic mass is 10.2. The molecular formula is C18H13N3O2S. The number of carbonyl (C=O) groups is 1. The van der Waals surface area contributed by atoms with Gasteiger partial charge in [-0.05, 0) is 23.6 Å². The van der Waals surface area contributed by atoms with Gasteiger partial charge >= 0.3 is 0 Å². The van der Waals surface area contributed by atoms with Gasteiger partial charge in [0.1, 0.15) is 11.4 Å². The van der Waals surface area contributed by atoms with Crippen LogP contribution in [0.2, 0.25) is 0 Å². The van der Waals surface area contributed by atoms with Crippen LogP contribution >= 0.6 is 11.3 Å². The van der Waals surface area contributed by atoms with Crippen LogP contribution in [-0.2, 0) is 6.54 Å². The number of aromatic nitrogens is 2. The first-order chi connectivity index (χ1) is 11.8. The average molecular weight is 335 g/mol. The molecule has 0 aliphatic rings. The second-order valence-corrected chi connectivity index (χ2v) is 6.18. The maximum absolute atomic E-state index is 12.3. The summed E-state index contributed by atoms with van der Waals surface area (Å²) in [6.07, 6.45) is 0. The maximum atomic E-state index is 12.3. The highest BCUT2D eigenvalue weighted by molar-refractivity contribution is 7.13. The molecule has 0 unspecified atom stereocenters. The molecular weight excluding hydrogens is 322 g/mol. The number of benzene rings is 1. The first-order valence-corrected chi connectivity index (χ1v) is 8.31. The molecule has 6 heteroatoms. The molecule has 0 saturated carbocycles. The largest absolute Gasteiger partial charge is 0.355 e. The summed E-state index contributed by atoms with van der Waals surface area (Å²) in [7, 11) is 0. The first-order valence-electron chi connectivity index (χ1n) is 7.43. The molecule has 24 heavy (non-hydrogen) atoms. The average Bonchev–Trinajstić information content (AvgIpc) is 3.30. The summed E-state index contributed by atoms with van der Waals surface area (Å²) in [6, 6.07) is 17.1. The molecule has 0 bridgehead atoms. The van der Waals surface area contributed by atoms with E-state index in [9.17, 15) is 4.79 Å². The monoisotopic (exact) mass is 335 g/mol. The molecule has 4 aromatic rings.